The van der Waals surface area contributed by atoms with E-state index < -0.39 is 11.9 Å². The number of carbonyl (C=O) groups excluding carboxylic acids is 1. The van der Waals surface area contributed by atoms with Gasteiger partial charge in [-0.1, -0.05) is 23.7 Å². The van der Waals surface area contributed by atoms with Gasteiger partial charge in [-0.3, -0.25) is 19.7 Å². The molecule has 156 valence electrons. The maximum atomic E-state index is 13.3. The zero-order valence-electron chi connectivity index (χ0n) is 16.1. The zero-order chi connectivity index (χ0) is 21.8. The number of hydrogen-bond acceptors (Lipinski definition) is 5. The molecule has 0 fully saturated rings. The van der Waals surface area contributed by atoms with Gasteiger partial charge in [-0.15, -0.1) is 0 Å². The van der Waals surface area contributed by atoms with Crippen LogP contribution in [0.4, 0.5) is 14.9 Å². The summed E-state index contributed by atoms with van der Waals surface area (Å²) < 4.78 is 19.9. The zero-order valence-corrected chi connectivity index (χ0v) is 16.8. The molecular formula is C22H16ClFN4O3. The number of anilines is 1. The lowest BCUT2D eigenvalue weighted by Gasteiger charge is -2.10. The SMILES string of the molecule is O=C(Nc1ccc2c(=O)n(Cc3ccc(F)c(Cl)c3)cnc2c1)OCc1cccnc1. The Labute approximate surface area is 181 Å². The van der Waals surface area contributed by atoms with Crippen LogP contribution in [0.3, 0.4) is 0 Å². The van der Waals surface area contributed by atoms with E-state index >= 15 is 0 Å². The van der Waals surface area contributed by atoms with Gasteiger partial charge in [0, 0.05) is 23.6 Å². The number of amides is 1. The highest BCUT2D eigenvalue weighted by atomic mass is 35.5. The molecule has 2 aromatic carbocycles. The summed E-state index contributed by atoms with van der Waals surface area (Å²) in [5.74, 6) is -0.520. The molecule has 2 aromatic heterocycles. The summed E-state index contributed by atoms with van der Waals surface area (Å²) in [6, 6.07) is 12.6. The fourth-order valence-electron chi connectivity index (χ4n) is 2.97. The highest BCUT2D eigenvalue weighted by Gasteiger charge is 2.09. The third kappa shape index (κ3) is 4.87. The smallest absolute Gasteiger partial charge is 0.411 e. The molecule has 0 bridgehead atoms. The van der Waals surface area contributed by atoms with Crippen molar-refractivity contribution in [2.45, 2.75) is 13.2 Å². The first-order valence-corrected chi connectivity index (χ1v) is 9.63. The average Bonchev–Trinajstić information content (AvgIpc) is 2.77. The van der Waals surface area contributed by atoms with Crippen molar-refractivity contribution in [3.05, 3.63) is 99.6 Å². The lowest BCUT2D eigenvalue weighted by molar-refractivity contribution is 0.155. The highest BCUT2D eigenvalue weighted by Crippen LogP contribution is 2.18. The van der Waals surface area contributed by atoms with Crippen LogP contribution in [0.15, 0.2) is 72.0 Å². The lowest BCUT2D eigenvalue weighted by Crippen LogP contribution is -2.21. The van der Waals surface area contributed by atoms with Crippen LogP contribution in [0.2, 0.25) is 5.02 Å². The minimum Gasteiger partial charge on any atom is -0.444 e. The van der Waals surface area contributed by atoms with Crippen molar-refractivity contribution in [2.75, 3.05) is 5.32 Å². The third-order valence-electron chi connectivity index (χ3n) is 4.50. The molecule has 0 unspecified atom stereocenters. The summed E-state index contributed by atoms with van der Waals surface area (Å²) in [5, 5.41) is 2.98. The summed E-state index contributed by atoms with van der Waals surface area (Å²) in [6.07, 6.45) is 4.00. The van der Waals surface area contributed by atoms with E-state index in [-0.39, 0.29) is 23.7 Å². The predicted octanol–water partition coefficient (Wildman–Crippen LogP) is 4.38. The molecule has 31 heavy (non-hydrogen) atoms. The number of hydrogen-bond donors (Lipinski definition) is 1. The Balaban J connectivity index is 1.48. The standard InChI is InChI=1S/C22H16ClFN4O3/c23-18-8-14(3-6-19(18)24)11-28-13-26-20-9-16(4-5-17(20)21(28)29)27-22(30)31-12-15-2-1-7-25-10-15/h1-10,13H,11-12H2,(H,27,30). The summed E-state index contributed by atoms with van der Waals surface area (Å²) in [7, 11) is 0. The van der Waals surface area contributed by atoms with Crippen molar-refractivity contribution in [2.24, 2.45) is 0 Å². The number of benzene rings is 2. The van der Waals surface area contributed by atoms with E-state index in [4.69, 9.17) is 16.3 Å². The first kappa shape index (κ1) is 20.5. The minimum atomic E-state index is -0.635. The van der Waals surface area contributed by atoms with E-state index in [2.05, 4.69) is 15.3 Å². The van der Waals surface area contributed by atoms with E-state index in [1.54, 1.807) is 48.8 Å². The number of fused-ring (bicyclic) bond motifs is 1. The molecule has 0 atom stereocenters. The Hall–Kier alpha value is -3.78. The van der Waals surface area contributed by atoms with Crippen molar-refractivity contribution < 1.29 is 13.9 Å². The Morgan fingerprint density at radius 1 is 1.16 bits per heavy atom. The van der Waals surface area contributed by atoms with E-state index in [1.807, 2.05) is 0 Å². The molecule has 9 heteroatoms. The minimum absolute atomic E-state index is 0.00886. The number of nitrogens with zero attached hydrogens (tertiary/aromatic N) is 3. The Morgan fingerprint density at radius 2 is 2.03 bits per heavy atom. The molecule has 2 heterocycles. The van der Waals surface area contributed by atoms with Gasteiger partial charge >= 0.3 is 6.09 Å². The van der Waals surface area contributed by atoms with Crippen LogP contribution in [0.5, 0.6) is 0 Å². The van der Waals surface area contributed by atoms with Crippen molar-refractivity contribution in [1.82, 2.24) is 14.5 Å². The average molecular weight is 439 g/mol. The van der Waals surface area contributed by atoms with Crippen molar-refractivity contribution in [1.29, 1.82) is 0 Å². The second-order valence-corrected chi connectivity index (χ2v) is 7.13. The number of aromatic nitrogens is 3. The second-order valence-electron chi connectivity index (χ2n) is 6.72. The summed E-state index contributed by atoms with van der Waals surface area (Å²) >= 11 is 5.81. The van der Waals surface area contributed by atoms with Crippen LogP contribution in [-0.2, 0) is 17.9 Å². The maximum absolute atomic E-state index is 13.3. The van der Waals surface area contributed by atoms with Gasteiger partial charge < -0.3 is 4.74 Å². The first-order valence-electron chi connectivity index (χ1n) is 9.25. The molecule has 0 radical (unpaired) electrons. The van der Waals surface area contributed by atoms with Gasteiger partial charge in [-0.25, -0.2) is 14.2 Å². The molecule has 0 aliphatic rings. The molecule has 7 nitrogen and oxygen atoms in total. The fourth-order valence-corrected chi connectivity index (χ4v) is 3.17. The number of halogens is 2. The fraction of sp³-hybridized carbons (Fsp3) is 0.0909. The van der Waals surface area contributed by atoms with Gasteiger partial charge in [0.15, 0.2) is 0 Å². The Kier molecular flexibility index (Phi) is 5.90. The maximum Gasteiger partial charge on any atom is 0.411 e. The van der Waals surface area contributed by atoms with E-state index in [0.29, 0.717) is 22.2 Å². The molecule has 0 aliphatic heterocycles. The molecule has 0 saturated heterocycles. The van der Waals surface area contributed by atoms with E-state index in [0.717, 1.165) is 5.56 Å². The molecule has 4 rings (SSSR count). The number of carbonyl (C=O) groups is 1. The van der Waals surface area contributed by atoms with Crippen LogP contribution < -0.4 is 10.9 Å². The van der Waals surface area contributed by atoms with Crippen molar-refractivity contribution in [3.8, 4) is 0 Å². The topological polar surface area (TPSA) is 86.1 Å². The summed E-state index contributed by atoms with van der Waals surface area (Å²) in [4.78, 5) is 33.0. The molecular weight excluding hydrogens is 423 g/mol. The monoisotopic (exact) mass is 438 g/mol. The molecule has 0 saturated carbocycles. The Bertz CT molecular complexity index is 1310. The normalized spacial score (nSPS) is 10.8. The van der Waals surface area contributed by atoms with E-state index in [1.165, 1.54) is 23.0 Å². The molecule has 1 N–H and O–H groups in total. The molecule has 0 aliphatic carbocycles. The van der Waals surface area contributed by atoms with Crippen molar-refractivity contribution in [3.63, 3.8) is 0 Å². The second kappa shape index (κ2) is 8.93. The van der Waals surface area contributed by atoms with Gasteiger partial charge in [0.05, 0.1) is 28.8 Å². The third-order valence-corrected chi connectivity index (χ3v) is 4.79. The van der Waals surface area contributed by atoms with Crippen LogP contribution in [-0.4, -0.2) is 20.6 Å². The molecule has 4 aromatic rings. The van der Waals surface area contributed by atoms with Crippen LogP contribution >= 0.6 is 11.6 Å². The van der Waals surface area contributed by atoms with Crippen LogP contribution in [0.25, 0.3) is 10.9 Å². The lowest BCUT2D eigenvalue weighted by atomic mass is 10.2. The Morgan fingerprint density at radius 3 is 2.81 bits per heavy atom. The number of rotatable bonds is 5. The number of pyridine rings is 1. The van der Waals surface area contributed by atoms with Crippen LogP contribution in [0, 0.1) is 5.82 Å². The van der Waals surface area contributed by atoms with Crippen LogP contribution in [0.1, 0.15) is 11.1 Å². The molecule has 0 spiro atoms. The molecule has 1 amide bonds. The predicted molar refractivity (Wildman–Crippen MR) is 115 cm³/mol. The van der Waals surface area contributed by atoms with Gasteiger partial charge in [-0.2, -0.15) is 0 Å². The quantitative estimate of drug-likeness (QED) is 0.499. The van der Waals surface area contributed by atoms with Gasteiger partial charge in [0.25, 0.3) is 5.56 Å². The summed E-state index contributed by atoms with van der Waals surface area (Å²) in [5.41, 5.74) is 2.03. The van der Waals surface area contributed by atoms with Gasteiger partial charge in [0.1, 0.15) is 12.4 Å². The highest BCUT2D eigenvalue weighted by molar-refractivity contribution is 6.30. The van der Waals surface area contributed by atoms with E-state index in [9.17, 15) is 14.0 Å². The first-order chi connectivity index (χ1) is 15.0. The summed E-state index contributed by atoms with van der Waals surface area (Å²) in [6.45, 7) is 0.284. The van der Waals surface area contributed by atoms with Gasteiger partial charge in [0.2, 0.25) is 0 Å². The number of ether oxygens (including phenoxy) is 1. The number of nitrogens with one attached hydrogen (secondary N) is 1. The van der Waals surface area contributed by atoms with Gasteiger partial charge in [-0.05, 0) is 42.0 Å². The largest absolute Gasteiger partial charge is 0.444 e. The van der Waals surface area contributed by atoms with Crippen molar-refractivity contribution >= 4 is 34.3 Å².